The van der Waals surface area contributed by atoms with Crippen molar-refractivity contribution in [3.05, 3.63) is 59.9 Å². The summed E-state index contributed by atoms with van der Waals surface area (Å²) >= 11 is 0. The van der Waals surface area contributed by atoms with Crippen LogP contribution < -0.4 is 10.2 Å². The van der Waals surface area contributed by atoms with E-state index < -0.39 is 17.8 Å². The monoisotopic (exact) mass is 413 g/mol. The molecule has 0 atom stereocenters. The quantitative estimate of drug-likeness (QED) is 0.529. The number of rotatable bonds is 8. The number of hydrogen-bond acceptors (Lipinski definition) is 4. The molecule has 3 rings (SSSR count). The number of nitrogens with one attached hydrogen (secondary N) is 1. The zero-order chi connectivity index (χ0) is 21.5. The van der Waals surface area contributed by atoms with Crippen molar-refractivity contribution in [1.29, 1.82) is 0 Å². The van der Waals surface area contributed by atoms with E-state index in [1.165, 1.54) is 21.9 Å². The summed E-state index contributed by atoms with van der Waals surface area (Å²) in [5.74, 6) is -1.26. The predicted octanol–water partition coefficient (Wildman–Crippen LogP) is 3.66. The van der Waals surface area contributed by atoms with Gasteiger partial charge in [-0.25, -0.2) is 14.0 Å². The molecule has 1 aliphatic heterocycles. The topological polar surface area (TPSA) is 79.0 Å². The van der Waals surface area contributed by atoms with Crippen molar-refractivity contribution in [2.75, 3.05) is 36.5 Å². The fraction of sp³-hybridized carbons (Fsp3) is 0.318. The largest absolute Gasteiger partial charge is 0.462 e. The first kappa shape index (κ1) is 21.3. The van der Waals surface area contributed by atoms with Gasteiger partial charge in [0.25, 0.3) is 0 Å². The van der Waals surface area contributed by atoms with Crippen LogP contribution in [0.15, 0.2) is 48.5 Å². The molecule has 2 aromatic rings. The third-order valence-corrected chi connectivity index (χ3v) is 4.71. The van der Waals surface area contributed by atoms with Crippen molar-refractivity contribution in [3.8, 4) is 0 Å². The molecule has 0 saturated carbocycles. The minimum absolute atomic E-state index is 0.148. The molecular weight excluding hydrogens is 389 g/mol. The number of nitrogens with zero attached hydrogens (tertiary/aromatic N) is 2. The number of amides is 3. The Hall–Kier alpha value is -3.42. The van der Waals surface area contributed by atoms with Crippen LogP contribution in [0.1, 0.15) is 30.1 Å². The van der Waals surface area contributed by atoms with E-state index in [0.717, 1.165) is 12.8 Å². The first-order chi connectivity index (χ1) is 14.5. The van der Waals surface area contributed by atoms with Crippen LogP contribution in [0.4, 0.5) is 20.6 Å². The van der Waals surface area contributed by atoms with Crippen molar-refractivity contribution in [3.63, 3.8) is 0 Å². The van der Waals surface area contributed by atoms with Crippen molar-refractivity contribution in [2.24, 2.45) is 0 Å². The molecular formula is C22H24FN3O4. The standard InChI is InChI=1S/C22H24FN3O4/c1-2-3-14-30-21(28)16-8-10-17(11-9-16)24-20(27)15-25-12-13-26(22(25)29)19-7-5-4-6-18(19)23/h4-11H,2-3,12-15H2,1H3,(H,24,27). The zero-order valence-corrected chi connectivity index (χ0v) is 16.8. The fourth-order valence-electron chi connectivity index (χ4n) is 3.08. The van der Waals surface area contributed by atoms with E-state index in [-0.39, 0.29) is 18.1 Å². The van der Waals surface area contributed by atoms with E-state index in [2.05, 4.69) is 5.32 Å². The Labute approximate surface area is 174 Å². The smallest absolute Gasteiger partial charge is 0.338 e. The van der Waals surface area contributed by atoms with Crippen LogP contribution in [-0.2, 0) is 9.53 Å². The molecule has 0 spiro atoms. The molecule has 30 heavy (non-hydrogen) atoms. The summed E-state index contributed by atoms with van der Waals surface area (Å²) < 4.78 is 19.1. The summed E-state index contributed by atoms with van der Waals surface area (Å²) in [4.78, 5) is 39.4. The molecule has 3 amide bonds. The van der Waals surface area contributed by atoms with Crippen molar-refractivity contribution in [2.45, 2.75) is 19.8 Å². The van der Waals surface area contributed by atoms with E-state index in [0.29, 0.717) is 30.9 Å². The maximum absolute atomic E-state index is 13.9. The number of unbranched alkanes of at least 4 members (excludes halogenated alkanes) is 1. The second kappa shape index (κ2) is 9.87. The Morgan fingerprint density at radius 2 is 1.83 bits per heavy atom. The number of hydrogen-bond donors (Lipinski definition) is 1. The Morgan fingerprint density at radius 1 is 1.10 bits per heavy atom. The average molecular weight is 413 g/mol. The lowest BCUT2D eigenvalue weighted by molar-refractivity contribution is -0.116. The minimum Gasteiger partial charge on any atom is -0.462 e. The molecule has 0 unspecified atom stereocenters. The Balaban J connectivity index is 1.53. The molecule has 0 aromatic heterocycles. The number of carbonyl (C=O) groups is 3. The second-order valence-electron chi connectivity index (χ2n) is 6.92. The zero-order valence-electron chi connectivity index (χ0n) is 16.8. The van der Waals surface area contributed by atoms with Gasteiger partial charge in [-0.3, -0.25) is 9.69 Å². The third kappa shape index (κ3) is 5.14. The highest BCUT2D eigenvalue weighted by Gasteiger charge is 2.32. The summed E-state index contributed by atoms with van der Waals surface area (Å²) in [6.45, 7) is 2.87. The lowest BCUT2D eigenvalue weighted by atomic mass is 10.2. The van der Waals surface area contributed by atoms with Gasteiger partial charge in [0.15, 0.2) is 0 Å². The molecule has 2 aromatic carbocycles. The molecule has 0 aliphatic carbocycles. The average Bonchev–Trinajstić information content (AvgIpc) is 3.09. The van der Waals surface area contributed by atoms with Crippen LogP contribution in [0.25, 0.3) is 0 Å². The van der Waals surface area contributed by atoms with Gasteiger partial charge in [-0.05, 0) is 42.8 Å². The number of para-hydroxylation sites is 1. The SMILES string of the molecule is CCCCOC(=O)c1ccc(NC(=O)CN2CCN(c3ccccc3F)C2=O)cc1. The van der Waals surface area contributed by atoms with Gasteiger partial charge in [0, 0.05) is 18.8 Å². The van der Waals surface area contributed by atoms with Crippen molar-refractivity contribution in [1.82, 2.24) is 4.90 Å². The molecule has 1 saturated heterocycles. The van der Waals surface area contributed by atoms with Crippen LogP contribution >= 0.6 is 0 Å². The van der Waals surface area contributed by atoms with Crippen LogP contribution in [0, 0.1) is 5.82 Å². The highest BCUT2D eigenvalue weighted by molar-refractivity contribution is 5.99. The minimum atomic E-state index is -0.481. The lowest BCUT2D eigenvalue weighted by Gasteiger charge is -2.18. The number of benzene rings is 2. The fourth-order valence-corrected chi connectivity index (χ4v) is 3.08. The van der Waals surface area contributed by atoms with Crippen LogP contribution in [0.5, 0.6) is 0 Å². The van der Waals surface area contributed by atoms with Gasteiger partial charge in [-0.2, -0.15) is 0 Å². The van der Waals surface area contributed by atoms with Gasteiger partial charge in [0.1, 0.15) is 12.4 Å². The highest BCUT2D eigenvalue weighted by Crippen LogP contribution is 2.23. The van der Waals surface area contributed by atoms with E-state index in [4.69, 9.17) is 4.74 Å². The first-order valence-electron chi connectivity index (χ1n) is 9.87. The molecule has 0 bridgehead atoms. The first-order valence-corrected chi connectivity index (χ1v) is 9.87. The summed E-state index contributed by atoms with van der Waals surface area (Å²) in [6.07, 6.45) is 1.75. The molecule has 1 fully saturated rings. The number of urea groups is 1. The van der Waals surface area contributed by atoms with Gasteiger partial charge in [-0.15, -0.1) is 0 Å². The Kier molecular flexibility index (Phi) is 7.00. The molecule has 8 heteroatoms. The van der Waals surface area contributed by atoms with Crippen molar-refractivity contribution < 1.29 is 23.5 Å². The predicted molar refractivity (Wildman–Crippen MR) is 111 cm³/mol. The van der Waals surface area contributed by atoms with Gasteiger partial charge in [-0.1, -0.05) is 25.5 Å². The highest BCUT2D eigenvalue weighted by atomic mass is 19.1. The maximum atomic E-state index is 13.9. The summed E-state index contributed by atoms with van der Waals surface area (Å²) in [6, 6.07) is 12.0. The number of carbonyl (C=O) groups excluding carboxylic acids is 3. The van der Waals surface area contributed by atoms with E-state index in [1.54, 1.807) is 36.4 Å². The molecule has 1 N–H and O–H groups in total. The van der Waals surface area contributed by atoms with Gasteiger partial charge in [0.2, 0.25) is 5.91 Å². The van der Waals surface area contributed by atoms with Crippen LogP contribution in [0.3, 0.4) is 0 Å². The molecule has 7 nitrogen and oxygen atoms in total. The number of ether oxygens (including phenoxy) is 1. The van der Waals surface area contributed by atoms with E-state index in [9.17, 15) is 18.8 Å². The van der Waals surface area contributed by atoms with Gasteiger partial charge < -0.3 is 15.0 Å². The Morgan fingerprint density at radius 3 is 2.53 bits per heavy atom. The lowest BCUT2D eigenvalue weighted by Crippen LogP contribution is -2.37. The second-order valence-corrected chi connectivity index (χ2v) is 6.92. The third-order valence-electron chi connectivity index (χ3n) is 4.71. The molecule has 1 aliphatic rings. The summed E-state index contributed by atoms with van der Waals surface area (Å²) in [5, 5.41) is 2.70. The van der Waals surface area contributed by atoms with Crippen molar-refractivity contribution >= 4 is 29.3 Å². The molecule has 158 valence electrons. The number of halogens is 1. The maximum Gasteiger partial charge on any atom is 0.338 e. The van der Waals surface area contributed by atoms with E-state index >= 15 is 0 Å². The number of anilines is 2. The Bertz CT molecular complexity index is 917. The normalized spacial score (nSPS) is 13.5. The number of esters is 1. The van der Waals surface area contributed by atoms with Crippen LogP contribution in [-0.4, -0.2) is 49.0 Å². The van der Waals surface area contributed by atoms with Gasteiger partial charge in [0.05, 0.1) is 17.9 Å². The van der Waals surface area contributed by atoms with E-state index in [1.807, 2.05) is 6.92 Å². The van der Waals surface area contributed by atoms with Crippen LogP contribution in [0.2, 0.25) is 0 Å². The summed E-state index contributed by atoms with van der Waals surface area (Å²) in [7, 11) is 0. The van der Waals surface area contributed by atoms with Gasteiger partial charge >= 0.3 is 12.0 Å². The molecule has 1 heterocycles. The molecule has 0 radical (unpaired) electrons. The summed E-state index contributed by atoms with van der Waals surface area (Å²) in [5.41, 5.74) is 1.11.